The van der Waals surface area contributed by atoms with Crippen molar-refractivity contribution in [1.29, 1.82) is 0 Å². The molecule has 1 aromatic rings. The maximum absolute atomic E-state index is 4.33. The normalized spacial score (nSPS) is 12.9. The first-order valence-electron chi connectivity index (χ1n) is 5.21. The second-order valence-corrected chi connectivity index (χ2v) is 5.89. The van der Waals surface area contributed by atoms with E-state index in [1.807, 2.05) is 6.07 Å². The molecular formula is C11H17Br2N3. The first-order chi connectivity index (χ1) is 7.49. The quantitative estimate of drug-likeness (QED) is 0.882. The zero-order valence-corrected chi connectivity index (χ0v) is 13.0. The molecule has 0 fully saturated rings. The van der Waals surface area contributed by atoms with Crippen molar-refractivity contribution in [1.82, 2.24) is 9.88 Å². The number of nitrogens with one attached hydrogen (secondary N) is 1. The molecule has 0 amide bonds. The fourth-order valence-corrected chi connectivity index (χ4v) is 2.38. The van der Waals surface area contributed by atoms with Gasteiger partial charge in [-0.1, -0.05) is 0 Å². The Bertz CT molecular complexity index is 342. The standard InChI is InChI=1S/C11H17Br2N3/c1-8(4-5-16(2)3)15-11-10(13)6-9(12)7-14-11/h6-8H,4-5H2,1-3H3,(H,14,15). The van der Waals surface area contributed by atoms with Gasteiger partial charge in [0.2, 0.25) is 0 Å². The van der Waals surface area contributed by atoms with Crippen LogP contribution in [-0.2, 0) is 0 Å². The minimum Gasteiger partial charge on any atom is -0.367 e. The minimum absolute atomic E-state index is 0.410. The molecule has 0 bridgehead atoms. The molecule has 0 aromatic carbocycles. The van der Waals surface area contributed by atoms with Crippen LogP contribution in [0.2, 0.25) is 0 Å². The second kappa shape index (κ2) is 6.57. The Kier molecular flexibility index (Phi) is 5.72. The lowest BCUT2D eigenvalue weighted by Gasteiger charge is -2.17. The van der Waals surface area contributed by atoms with Crippen molar-refractivity contribution in [2.24, 2.45) is 0 Å². The van der Waals surface area contributed by atoms with Crippen LogP contribution < -0.4 is 5.32 Å². The van der Waals surface area contributed by atoms with Crippen molar-refractivity contribution in [3.63, 3.8) is 0 Å². The first kappa shape index (κ1) is 13.9. The van der Waals surface area contributed by atoms with Crippen LogP contribution in [0.4, 0.5) is 5.82 Å². The van der Waals surface area contributed by atoms with E-state index in [4.69, 9.17) is 0 Å². The van der Waals surface area contributed by atoms with Crippen LogP contribution in [0.3, 0.4) is 0 Å². The summed E-state index contributed by atoms with van der Waals surface area (Å²) in [5.74, 6) is 0.898. The van der Waals surface area contributed by atoms with E-state index in [2.05, 4.69) is 68.1 Å². The zero-order valence-electron chi connectivity index (χ0n) is 9.80. The van der Waals surface area contributed by atoms with Gasteiger partial charge in [-0.2, -0.15) is 0 Å². The maximum Gasteiger partial charge on any atom is 0.140 e. The van der Waals surface area contributed by atoms with Crippen LogP contribution >= 0.6 is 31.9 Å². The Morgan fingerprint density at radius 3 is 2.69 bits per heavy atom. The predicted molar refractivity (Wildman–Crippen MR) is 75.9 cm³/mol. The van der Waals surface area contributed by atoms with Crippen molar-refractivity contribution in [2.75, 3.05) is 26.0 Å². The molecule has 3 nitrogen and oxygen atoms in total. The van der Waals surface area contributed by atoms with Gasteiger partial charge in [-0.05, 0) is 71.9 Å². The molecule has 1 atom stereocenters. The number of hydrogen-bond acceptors (Lipinski definition) is 3. The number of anilines is 1. The van der Waals surface area contributed by atoms with Crippen LogP contribution in [0.25, 0.3) is 0 Å². The summed E-state index contributed by atoms with van der Waals surface area (Å²) in [6, 6.07) is 2.40. The van der Waals surface area contributed by atoms with E-state index in [1.54, 1.807) is 6.20 Å². The number of aromatic nitrogens is 1. The van der Waals surface area contributed by atoms with Gasteiger partial charge in [-0.3, -0.25) is 0 Å². The van der Waals surface area contributed by atoms with Gasteiger partial charge < -0.3 is 10.2 Å². The minimum atomic E-state index is 0.410. The maximum atomic E-state index is 4.33. The summed E-state index contributed by atoms with van der Waals surface area (Å²) < 4.78 is 1.96. The van der Waals surface area contributed by atoms with Crippen LogP contribution in [0, 0.1) is 0 Å². The van der Waals surface area contributed by atoms with Crippen LogP contribution in [0.1, 0.15) is 13.3 Å². The van der Waals surface area contributed by atoms with Gasteiger partial charge in [0.25, 0.3) is 0 Å². The topological polar surface area (TPSA) is 28.2 Å². The van der Waals surface area contributed by atoms with Gasteiger partial charge in [-0.15, -0.1) is 0 Å². The Morgan fingerprint density at radius 2 is 2.12 bits per heavy atom. The summed E-state index contributed by atoms with van der Waals surface area (Å²) in [5, 5.41) is 3.39. The Morgan fingerprint density at radius 1 is 1.44 bits per heavy atom. The van der Waals surface area contributed by atoms with Crippen molar-refractivity contribution in [3.05, 3.63) is 21.2 Å². The fraction of sp³-hybridized carbons (Fsp3) is 0.545. The van der Waals surface area contributed by atoms with Gasteiger partial charge in [0.05, 0.1) is 4.47 Å². The van der Waals surface area contributed by atoms with Gasteiger partial charge in [0.1, 0.15) is 5.82 Å². The molecule has 1 aromatic heterocycles. The van der Waals surface area contributed by atoms with Crippen molar-refractivity contribution >= 4 is 37.7 Å². The smallest absolute Gasteiger partial charge is 0.140 e. The lowest BCUT2D eigenvalue weighted by molar-refractivity contribution is 0.390. The van der Waals surface area contributed by atoms with E-state index in [0.29, 0.717) is 6.04 Å². The summed E-state index contributed by atoms with van der Waals surface area (Å²) in [4.78, 5) is 6.51. The molecule has 1 N–H and O–H groups in total. The van der Waals surface area contributed by atoms with E-state index < -0.39 is 0 Å². The summed E-state index contributed by atoms with van der Waals surface area (Å²) in [5.41, 5.74) is 0. The average molecular weight is 351 g/mol. The highest BCUT2D eigenvalue weighted by Crippen LogP contribution is 2.24. The summed E-state index contributed by atoms with van der Waals surface area (Å²) in [6.07, 6.45) is 2.89. The molecular weight excluding hydrogens is 334 g/mol. The summed E-state index contributed by atoms with van der Waals surface area (Å²) >= 11 is 6.88. The Labute approximate surface area is 114 Å². The second-order valence-electron chi connectivity index (χ2n) is 4.12. The third-order valence-corrected chi connectivity index (χ3v) is 3.24. The molecule has 0 aliphatic rings. The molecule has 5 heteroatoms. The third-order valence-electron chi connectivity index (χ3n) is 2.20. The molecule has 1 unspecified atom stereocenters. The van der Waals surface area contributed by atoms with Gasteiger partial charge in [-0.25, -0.2) is 4.98 Å². The summed E-state index contributed by atoms with van der Waals surface area (Å²) in [7, 11) is 4.17. The Hall–Kier alpha value is -0.130. The molecule has 0 aliphatic carbocycles. The molecule has 16 heavy (non-hydrogen) atoms. The number of nitrogens with zero attached hydrogens (tertiary/aromatic N) is 2. The SMILES string of the molecule is CC(CCN(C)C)Nc1ncc(Br)cc1Br. The third kappa shape index (κ3) is 4.80. The zero-order chi connectivity index (χ0) is 12.1. The molecule has 0 spiro atoms. The van der Waals surface area contributed by atoms with E-state index >= 15 is 0 Å². The Balaban J connectivity index is 2.52. The lowest BCUT2D eigenvalue weighted by Crippen LogP contribution is -2.23. The van der Waals surface area contributed by atoms with E-state index in [-0.39, 0.29) is 0 Å². The summed E-state index contributed by atoms with van der Waals surface area (Å²) in [6.45, 7) is 3.24. The highest BCUT2D eigenvalue weighted by Gasteiger charge is 2.07. The molecule has 1 heterocycles. The van der Waals surface area contributed by atoms with Gasteiger partial charge >= 0.3 is 0 Å². The lowest BCUT2D eigenvalue weighted by atomic mass is 10.2. The molecule has 0 radical (unpaired) electrons. The molecule has 1 rings (SSSR count). The molecule has 90 valence electrons. The van der Waals surface area contributed by atoms with Crippen LogP contribution in [0.5, 0.6) is 0 Å². The highest BCUT2D eigenvalue weighted by molar-refractivity contribution is 9.11. The number of hydrogen-bond donors (Lipinski definition) is 1. The number of pyridine rings is 1. The largest absolute Gasteiger partial charge is 0.367 e. The van der Waals surface area contributed by atoms with E-state index in [1.165, 1.54) is 0 Å². The van der Waals surface area contributed by atoms with Crippen molar-refractivity contribution in [3.8, 4) is 0 Å². The van der Waals surface area contributed by atoms with Gasteiger partial charge in [0.15, 0.2) is 0 Å². The molecule has 0 saturated carbocycles. The van der Waals surface area contributed by atoms with Crippen molar-refractivity contribution < 1.29 is 0 Å². The predicted octanol–water partition coefficient (Wildman–Crippen LogP) is 3.36. The first-order valence-corrected chi connectivity index (χ1v) is 6.80. The van der Waals surface area contributed by atoms with E-state index in [0.717, 1.165) is 27.7 Å². The monoisotopic (exact) mass is 349 g/mol. The number of rotatable bonds is 5. The average Bonchev–Trinajstić information content (AvgIpc) is 2.19. The van der Waals surface area contributed by atoms with Crippen LogP contribution in [0.15, 0.2) is 21.2 Å². The highest BCUT2D eigenvalue weighted by atomic mass is 79.9. The van der Waals surface area contributed by atoms with Crippen LogP contribution in [-0.4, -0.2) is 36.6 Å². The van der Waals surface area contributed by atoms with Crippen molar-refractivity contribution in [2.45, 2.75) is 19.4 Å². The van der Waals surface area contributed by atoms with E-state index in [9.17, 15) is 0 Å². The number of halogens is 2. The molecule has 0 aliphatic heterocycles. The molecule has 0 saturated heterocycles. The van der Waals surface area contributed by atoms with Gasteiger partial charge in [0, 0.05) is 16.7 Å². The fourth-order valence-electron chi connectivity index (χ4n) is 1.28.